The van der Waals surface area contributed by atoms with E-state index in [2.05, 4.69) is 4.74 Å². The van der Waals surface area contributed by atoms with E-state index in [-0.39, 0.29) is 11.3 Å². The molecule has 0 unspecified atom stereocenters. The summed E-state index contributed by atoms with van der Waals surface area (Å²) in [6, 6.07) is 4.08. The summed E-state index contributed by atoms with van der Waals surface area (Å²) in [5.74, 6) is -0.0169. The molecule has 0 spiro atoms. The minimum atomic E-state index is -4.41. The van der Waals surface area contributed by atoms with Gasteiger partial charge in [0.25, 0.3) is 0 Å². The predicted molar refractivity (Wildman–Crippen MR) is 53.6 cm³/mol. The van der Waals surface area contributed by atoms with Gasteiger partial charge in [-0.15, -0.1) is 0 Å². The lowest BCUT2D eigenvalue weighted by Crippen LogP contribution is -2.19. The number of benzene rings is 1. The van der Waals surface area contributed by atoms with Gasteiger partial charge in [0.15, 0.2) is 6.61 Å². The molecule has 0 saturated carbocycles. The van der Waals surface area contributed by atoms with Crippen LogP contribution in [0.15, 0.2) is 18.2 Å². The normalized spacial score (nSPS) is 13.6. The second kappa shape index (κ2) is 4.93. The average molecular weight is 255 g/mol. The number of rotatable bonds is 3. The van der Waals surface area contributed by atoms with Gasteiger partial charge < -0.3 is 9.84 Å². The van der Waals surface area contributed by atoms with Crippen LogP contribution >= 0.6 is 11.6 Å². The Labute approximate surface area is 95.6 Å². The highest BCUT2D eigenvalue weighted by atomic mass is 35.5. The summed E-state index contributed by atoms with van der Waals surface area (Å²) in [5, 5.41) is 9.67. The van der Waals surface area contributed by atoms with Crippen molar-refractivity contribution in [2.45, 2.75) is 19.2 Å². The Morgan fingerprint density at radius 1 is 1.44 bits per heavy atom. The van der Waals surface area contributed by atoms with Gasteiger partial charge in [-0.3, -0.25) is 0 Å². The van der Waals surface area contributed by atoms with Gasteiger partial charge >= 0.3 is 6.18 Å². The van der Waals surface area contributed by atoms with E-state index in [1.165, 1.54) is 25.1 Å². The van der Waals surface area contributed by atoms with Gasteiger partial charge in [0, 0.05) is 10.6 Å². The Morgan fingerprint density at radius 2 is 2.06 bits per heavy atom. The van der Waals surface area contributed by atoms with Crippen LogP contribution in [-0.2, 0) is 0 Å². The maximum absolute atomic E-state index is 11.9. The molecule has 1 rings (SSSR count). The highest BCUT2D eigenvalue weighted by molar-refractivity contribution is 6.30. The zero-order chi connectivity index (χ0) is 12.3. The summed E-state index contributed by atoms with van der Waals surface area (Å²) in [6.45, 7) is 0.0282. The molecule has 0 saturated heterocycles. The standard InChI is InChI=1S/C10H10ClF3O2/c1-6(15)8-4-7(11)2-3-9(8)16-5-10(12,13)14/h2-4,6,15H,5H2,1H3/t6-/m1/s1. The van der Waals surface area contributed by atoms with Crippen LogP contribution in [0.5, 0.6) is 5.75 Å². The van der Waals surface area contributed by atoms with Gasteiger partial charge in [-0.1, -0.05) is 11.6 Å². The molecule has 0 bridgehead atoms. The van der Waals surface area contributed by atoms with Crippen LogP contribution in [0, 0.1) is 0 Å². The van der Waals surface area contributed by atoms with E-state index in [0.717, 1.165) is 0 Å². The topological polar surface area (TPSA) is 29.5 Å². The fourth-order valence-electron chi connectivity index (χ4n) is 1.14. The van der Waals surface area contributed by atoms with E-state index in [1.54, 1.807) is 0 Å². The first-order chi connectivity index (χ1) is 7.29. The van der Waals surface area contributed by atoms with Crippen LogP contribution in [-0.4, -0.2) is 17.9 Å². The van der Waals surface area contributed by atoms with Crippen molar-refractivity contribution in [3.8, 4) is 5.75 Å². The number of aliphatic hydroxyl groups excluding tert-OH is 1. The lowest BCUT2D eigenvalue weighted by atomic mass is 10.1. The second-order valence-corrected chi connectivity index (χ2v) is 3.70. The monoisotopic (exact) mass is 254 g/mol. The molecule has 0 heterocycles. The van der Waals surface area contributed by atoms with Crippen LogP contribution in [0.25, 0.3) is 0 Å². The molecule has 1 atom stereocenters. The van der Waals surface area contributed by atoms with Crippen LogP contribution in [0.1, 0.15) is 18.6 Å². The third-order valence-corrected chi connectivity index (χ3v) is 2.05. The smallest absolute Gasteiger partial charge is 0.422 e. The first kappa shape index (κ1) is 13.1. The first-order valence-electron chi connectivity index (χ1n) is 4.46. The molecular weight excluding hydrogens is 245 g/mol. The van der Waals surface area contributed by atoms with Crippen LogP contribution in [0.2, 0.25) is 5.02 Å². The van der Waals surface area contributed by atoms with Crippen molar-refractivity contribution in [2.24, 2.45) is 0 Å². The lowest BCUT2D eigenvalue weighted by Gasteiger charge is -2.14. The molecule has 0 fully saturated rings. The largest absolute Gasteiger partial charge is 0.484 e. The Balaban J connectivity index is 2.87. The number of aliphatic hydroxyl groups is 1. The van der Waals surface area contributed by atoms with E-state index >= 15 is 0 Å². The van der Waals surface area contributed by atoms with Gasteiger partial charge in [-0.25, -0.2) is 0 Å². The molecule has 0 aliphatic carbocycles. The van der Waals surface area contributed by atoms with Crippen molar-refractivity contribution >= 4 is 11.6 Å². The fraction of sp³-hybridized carbons (Fsp3) is 0.400. The minimum absolute atomic E-state index is 0.0169. The van der Waals surface area contributed by atoms with Crippen molar-refractivity contribution in [3.63, 3.8) is 0 Å². The molecule has 16 heavy (non-hydrogen) atoms. The van der Waals surface area contributed by atoms with Crippen molar-refractivity contribution in [1.29, 1.82) is 0 Å². The number of hydrogen-bond donors (Lipinski definition) is 1. The summed E-state index contributed by atoms with van der Waals surface area (Å²) in [7, 11) is 0. The molecule has 6 heteroatoms. The SMILES string of the molecule is C[C@@H](O)c1cc(Cl)ccc1OCC(F)(F)F. The number of ether oxygens (including phenoxy) is 1. The maximum Gasteiger partial charge on any atom is 0.422 e. The summed E-state index contributed by atoms with van der Waals surface area (Å²) in [6.07, 6.45) is -5.35. The maximum atomic E-state index is 11.9. The van der Waals surface area contributed by atoms with E-state index in [4.69, 9.17) is 11.6 Å². The van der Waals surface area contributed by atoms with Gasteiger partial charge in [0.1, 0.15) is 5.75 Å². The van der Waals surface area contributed by atoms with Crippen LogP contribution in [0.3, 0.4) is 0 Å². The predicted octanol–water partition coefficient (Wildman–Crippen LogP) is 3.33. The molecule has 0 aliphatic rings. The molecule has 0 aliphatic heterocycles. The Bertz CT molecular complexity index is 364. The van der Waals surface area contributed by atoms with Crippen LogP contribution < -0.4 is 4.74 Å². The zero-order valence-corrected chi connectivity index (χ0v) is 9.14. The van der Waals surface area contributed by atoms with Gasteiger partial charge in [-0.05, 0) is 25.1 Å². The molecule has 0 amide bonds. The van der Waals surface area contributed by atoms with Crippen molar-refractivity contribution in [2.75, 3.05) is 6.61 Å². The van der Waals surface area contributed by atoms with Crippen molar-refractivity contribution in [1.82, 2.24) is 0 Å². The number of halogens is 4. The molecule has 1 N–H and O–H groups in total. The molecule has 1 aromatic carbocycles. The lowest BCUT2D eigenvalue weighted by molar-refractivity contribution is -0.153. The van der Waals surface area contributed by atoms with E-state index in [1.807, 2.05) is 0 Å². The molecule has 2 nitrogen and oxygen atoms in total. The van der Waals surface area contributed by atoms with E-state index in [0.29, 0.717) is 5.02 Å². The highest BCUT2D eigenvalue weighted by Crippen LogP contribution is 2.29. The quantitative estimate of drug-likeness (QED) is 0.896. The van der Waals surface area contributed by atoms with Gasteiger partial charge in [-0.2, -0.15) is 13.2 Å². The zero-order valence-electron chi connectivity index (χ0n) is 8.38. The van der Waals surface area contributed by atoms with E-state index < -0.39 is 18.9 Å². The summed E-state index contributed by atoms with van der Waals surface area (Å²) in [5.41, 5.74) is 0.233. The fourth-order valence-corrected chi connectivity index (χ4v) is 1.32. The van der Waals surface area contributed by atoms with Crippen molar-refractivity contribution < 1.29 is 23.0 Å². The minimum Gasteiger partial charge on any atom is -0.484 e. The molecule has 0 aromatic heterocycles. The van der Waals surface area contributed by atoms with Crippen molar-refractivity contribution in [3.05, 3.63) is 28.8 Å². The molecular formula is C10H10ClF3O2. The molecule has 90 valence electrons. The van der Waals surface area contributed by atoms with Gasteiger partial charge in [0.05, 0.1) is 6.10 Å². The summed E-state index contributed by atoms with van der Waals surface area (Å²) < 4.78 is 40.4. The molecule has 1 aromatic rings. The third-order valence-electron chi connectivity index (χ3n) is 1.81. The average Bonchev–Trinajstić information content (AvgIpc) is 2.14. The third kappa shape index (κ3) is 3.90. The summed E-state index contributed by atoms with van der Waals surface area (Å²) >= 11 is 5.66. The Morgan fingerprint density at radius 3 is 2.56 bits per heavy atom. The molecule has 0 radical (unpaired) electrons. The first-order valence-corrected chi connectivity index (χ1v) is 4.84. The second-order valence-electron chi connectivity index (χ2n) is 3.26. The van der Waals surface area contributed by atoms with E-state index in [9.17, 15) is 18.3 Å². The Kier molecular flexibility index (Phi) is 4.04. The highest BCUT2D eigenvalue weighted by Gasteiger charge is 2.29. The van der Waals surface area contributed by atoms with Crippen LogP contribution in [0.4, 0.5) is 13.2 Å². The number of alkyl halides is 3. The van der Waals surface area contributed by atoms with Gasteiger partial charge in [0.2, 0.25) is 0 Å². The number of hydrogen-bond acceptors (Lipinski definition) is 2. The Hall–Kier alpha value is -0.940. The summed E-state index contributed by atoms with van der Waals surface area (Å²) in [4.78, 5) is 0.